The summed E-state index contributed by atoms with van der Waals surface area (Å²) in [5.74, 6) is 0.346. The number of oxime groups is 1. The zero-order valence-corrected chi connectivity index (χ0v) is 15.0. The molecule has 5 rings (SSSR count). The summed E-state index contributed by atoms with van der Waals surface area (Å²) in [6, 6.07) is 14.9. The van der Waals surface area contributed by atoms with Crippen molar-refractivity contribution in [1.82, 2.24) is 10.2 Å². The SMILES string of the molecule is O/N=C(/c1n[nH]c2c1C=CC(c1ccccc1)(c1cccs1)C2)C1CC1. The summed E-state index contributed by atoms with van der Waals surface area (Å²) in [5, 5.41) is 22.9. The predicted molar refractivity (Wildman–Crippen MR) is 104 cm³/mol. The van der Waals surface area contributed by atoms with Crippen LogP contribution in [0.1, 0.15) is 40.2 Å². The quantitative estimate of drug-likeness (QED) is 0.405. The highest BCUT2D eigenvalue weighted by Crippen LogP contribution is 2.44. The summed E-state index contributed by atoms with van der Waals surface area (Å²) in [7, 11) is 0. The highest BCUT2D eigenvalue weighted by Gasteiger charge is 2.39. The van der Waals surface area contributed by atoms with Crippen molar-refractivity contribution in [2.45, 2.75) is 24.7 Å². The average Bonchev–Trinajstić information content (AvgIpc) is 3.20. The number of hydrogen-bond donors (Lipinski definition) is 2. The number of thiophene rings is 1. The smallest absolute Gasteiger partial charge is 0.117 e. The van der Waals surface area contributed by atoms with Crippen LogP contribution in [0.25, 0.3) is 6.08 Å². The van der Waals surface area contributed by atoms with Gasteiger partial charge in [-0.15, -0.1) is 11.3 Å². The molecule has 130 valence electrons. The Morgan fingerprint density at radius 3 is 2.73 bits per heavy atom. The summed E-state index contributed by atoms with van der Waals surface area (Å²) >= 11 is 1.78. The maximum absolute atomic E-state index is 9.45. The first-order valence-corrected chi connectivity index (χ1v) is 9.78. The number of rotatable bonds is 4. The van der Waals surface area contributed by atoms with Crippen LogP contribution in [0.15, 0.2) is 59.1 Å². The third-order valence-electron chi connectivity index (χ3n) is 5.44. The standard InChI is InChI=1S/C21H19N3OS/c25-24-19(14-8-9-14)20-16-10-11-21(13-17(16)22-23-20,18-7-4-12-26-18)15-5-2-1-3-6-15/h1-7,10-12,14,25H,8-9,13H2,(H,22,23)/b24-19+. The molecule has 0 aliphatic heterocycles. The zero-order chi connectivity index (χ0) is 17.6. The van der Waals surface area contributed by atoms with Gasteiger partial charge in [0.2, 0.25) is 0 Å². The number of nitrogens with zero attached hydrogens (tertiary/aromatic N) is 2. The minimum atomic E-state index is -0.192. The minimum absolute atomic E-state index is 0.192. The predicted octanol–water partition coefficient (Wildman–Crippen LogP) is 4.62. The number of H-pyrrole nitrogens is 1. The molecule has 0 radical (unpaired) electrons. The molecule has 5 heteroatoms. The lowest BCUT2D eigenvalue weighted by atomic mass is 9.72. The lowest BCUT2D eigenvalue weighted by molar-refractivity contribution is 0.317. The molecule has 3 aromatic rings. The Hall–Kier alpha value is -2.66. The van der Waals surface area contributed by atoms with Gasteiger partial charge < -0.3 is 5.21 Å². The summed E-state index contributed by atoms with van der Waals surface area (Å²) < 4.78 is 0. The number of nitrogens with one attached hydrogen (secondary N) is 1. The molecule has 0 saturated heterocycles. The number of benzene rings is 1. The van der Waals surface area contributed by atoms with Crippen molar-refractivity contribution in [1.29, 1.82) is 0 Å². The summed E-state index contributed by atoms with van der Waals surface area (Å²) in [5.41, 5.74) is 4.76. The average molecular weight is 361 g/mol. The molecule has 1 fully saturated rings. The van der Waals surface area contributed by atoms with E-state index in [1.54, 1.807) is 11.3 Å². The number of aromatic amines is 1. The normalized spacial score (nSPS) is 22.4. The topological polar surface area (TPSA) is 61.3 Å². The second-order valence-corrected chi connectivity index (χ2v) is 8.00. The zero-order valence-electron chi connectivity index (χ0n) is 14.2. The third kappa shape index (κ3) is 2.35. The third-order valence-corrected chi connectivity index (χ3v) is 6.48. The molecular weight excluding hydrogens is 342 g/mol. The minimum Gasteiger partial charge on any atom is -0.411 e. The van der Waals surface area contributed by atoms with Crippen LogP contribution in [0.4, 0.5) is 0 Å². The molecule has 1 saturated carbocycles. The van der Waals surface area contributed by atoms with Gasteiger partial charge >= 0.3 is 0 Å². The lowest BCUT2D eigenvalue weighted by Gasteiger charge is -2.33. The Kier molecular flexibility index (Phi) is 3.57. The molecule has 2 aliphatic carbocycles. The fraction of sp³-hybridized carbons (Fsp3) is 0.238. The number of hydrogen-bond acceptors (Lipinski definition) is 4. The molecule has 2 N–H and O–H groups in total. The van der Waals surface area contributed by atoms with E-state index in [1.807, 2.05) is 0 Å². The Balaban J connectivity index is 1.63. The Morgan fingerprint density at radius 1 is 1.19 bits per heavy atom. The maximum Gasteiger partial charge on any atom is 0.117 e. The van der Waals surface area contributed by atoms with E-state index < -0.39 is 0 Å². The molecule has 0 spiro atoms. The molecule has 1 unspecified atom stereocenters. The van der Waals surface area contributed by atoms with Crippen LogP contribution in [0.3, 0.4) is 0 Å². The first-order chi connectivity index (χ1) is 12.8. The highest BCUT2D eigenvalue weighted by atomic mass is 32.1. The van der Waals surface area contributed by atoms with Crippen molar-refractivity contribution in [2.75, 3.05) is 0 Å². The van der Waals surface area contributed by atoms with E-state index in [9.17, 15) is 5.21 Å². The van der Waals surface area contributed by atoms with Crippen molar-refractivity contribution in [3.8, 4) is 0 Å². The van der Waals surface area contributed by atoms with E-state index in [1.165, 1.54) is 10.4 Å². The van der Waals surface area contributed by atoms with Crippen LogP contribution < -0.4 is 0 Å². The van der Waals surface area contributed by atoms with Crippen molar-refractivity contribution in [3.63, 3.8) is 0 Å². The van der Waals surface area contributed by atoms with Gasteiger partial charge in [-0.1, -0.05) is 53.7 Å². The summed E-state index contributed by atoms with van der Waals surface area (Å²) in [6.07, 6.45) is 7.41. The fourth-order valence-corrected chi connectivity index (χ4v) is 4.85. The fourth-order valence-electron chi connectivity index (χ4n) is 3.92. The van der Waals surface area contributed by atoms with Gasteiger partial charge in [0.05, 0.1) is 5.41 Å². The van der Waals surface area contributed by atoms with Gasteiger partial charge in [0.15, 0.2) is 0 Å². The second kappa shape index (κ2) is 5.95. The molecule has 0 bridgehead atoms. The van der Waals surface area contributed by atoms with Crippen LogP contribution in [-0.2, 0) is 11.8 Å². The van der Waals surface area contributed by atoms with Crippen LogP contribution in [0.2, 0.25) is 0 Å². The Morgan fingerprint density at radius 2 is 2.04 bits per heavy atom. The van der Waals surface area contributed by atoms with Gasteiger partial charge in [-0.05, 0) is 29.9 Å². The molecule has 0 amide bonds. The van der Waals surface area contributed by atoms with Crippen molar-refractivity contribution in [3.05, 3.63) is 81.3 Å². The number of aromatic nitrogens is 2. The Bertz CT molecular complexity index is 984. The Labute approximate surface area is 155 Å². The molecule has 26 heavy (non-hydrogen) atoms. The van der Waals surface area contributed by atoms with Crippen LogP contribution in [0.5, 0.6) is 0 Å². The molecule has 4 nitrogen and oxygen atoms in total. The van der Waals surface area contributed by atoms with E-state index >= 15 is 0 Å². The van der Waals surface area contributed by atoms with Gasteiger partial charge in [0, 0.05) is 28.5 Å². The van der Waals surface area contributed by atoms with Crippen molar-refractivity contribution in [2.24, 2.45) is 11.1 Å². The highest BCUT2D eigenvalue weighted by molar-refractivity contribution is 7.10. The van der Waals surface area contributed by atoms with E-state index in [4.69, 9.17) is 0 Å². The molecule has 2 aliphatic rings. The van der Waals surface area contributed by atoms with E-state index in [2.05, 4.69) is 75.3 Å². The lowest BCUT2D eigenvalue weighted by Crippen LogP contribution is -2.29. The molecule has 1 atom stereocenters. The van der Waals surface area contributed by atoms with Gasteiger partial charge in [-0.3, -0.25) is 5.10 Å². The monoisotopic (exact) mass is 361 g/mol. The molecule has 2 heterocycles. The first kappa shape index (κ1) is 15.6. The van der Waals surface area contributed by atoms with Crippen LogP contribution >= 0.6 is 11.3 Å². The second-order valence-electron chi connectivity index (χ2n) is 7.05. The first-order valence-electron chi connectivity index (χ1n) is 8.90. The summed E-state index contributed by atoms with van der Waals surface area (Å²) in [6.45, 7) is 0. The van der Waals surface area contributed by atoms with E-state index in [-0.39, 0.29) is 5.41 Å². The number of fused-ring (bicyclic) bond motifs is 1. The summed E-state index contributed by atoms with van der Waals surface area (Å²) in [4.78, 5) is 1.32. The largest absolute Gasteiger partial charge is 0.411 e. The van der Waals surface area contributed by atoms with Gasteiger partial charge in [-0.2, -0.15) is 5.10 Å². The maximum atomic E-state index is 9.45. The molecule has 2 aromatic heterocycles. The van der Waals surface area contributed by atoms with E-state index in [0.717, 1.165) is 41.9 Å². The van der Waals surface area contributed by atoms with Crippen LogP contribution in [-0.4, -0.2) is 21.1 Å². The van der Waals surface area contributed by atoms with Gasteiger partial charge in [0.25, 0.3) is 0 Å². The molecule has 1 aromatic carbocycles. The van der Waals surface area contributed by atoms with Gasteiger partial charge in [-0.25, -0.2) is 0 Å². The molecular formula is C21H19N3OS. The van der Waals surface area contributed by atoms with E-state index in [0.29, 0.717) is 5.92 Å². The van der Waals surface area contributed by atoms with Gasteiger partial charge in [0.1, 0.15) is 11.4 Å². The van der Waals surface area contributed by atoms with Crippen molar-refractivity contribution < 1.29 is 5.21 Å². The number of allylic oxidation sites excluding steroid dienone is 1. The van der Waals surface area contributed by atoms with Crippen molar-refractivity contribution >= 4 is 23.1 Å². The van der Waals surface area contributed by atoms with Crippen LogP contribution in [0, 0.1) is 5.92 Å².